The van der Waals surface area contributed by atoms with Crippen LogP contribution in [0.5, 0.6) is 0 Å². The van der Waals surface area contributed by atoms with Crippen LogP contribution in [0.1, 0.15) is 37.7 Å². The van der Waals surface area contributed by atoms with Crippen LogP contribution in [-0.2, 0) is 4.79 Å². The Hall–Kier alpha value is -1.96. The first kappa shape index (κ1) is 14.4. The number of benzene rings is 1. The summed E-state index contributed by atoms with van der Waals surface area (Å²) < 4.78 is 2.15. The molecule has 2 heteroatoms. The summed E-state index contributed by atoms with van der Waals surface area (Å²) in [6.07, 6.45) is 0.572. The molecule has 0 spiro atoms. The second-order valence-corrected chi connectivity index (χ2v) is 5.21. The van der Waals surface area contributed by atoms with E-state index in [9.17, 15) is 4.79 Å². The van der Waals surface area contributed by atoms with Crippen molar-refractivity contribution in [1.82, 2.24) is 0 Å². The Kier molecular flexibility index (Phi) is 4.33. The fraction of sp³-hybridized carbons (Fsp3) is 0.333. The number of aryl methyl sites for hydroxylation is 1. The molecule has 1 aromatic carbocycles. The lowest BCUT2D eigenvalue weighted by Gasteiger charge is -2.13. The van der Waals surface area contributed by atoms with Crippen molar-refractivity contribution in [2.24, 2.45) is 0 Å². The zero-order valence-corrected chi connectivity index (χ0v) is 12.7. The van der Waals surface area contributed by atoms with Gasteiger partial charge in [0.25, 0.3) is 0 Å². The van der Waals surface area contributed by atoms with Crippen molar-refractivity contribution in [3.05, 3.63) is 53.9 Å². The second-order valence-electron chi connectivity index (χ2n) is 5.21. The van der Waals surface area contributed by atoms with Crippen LogP contribution in [0.3, 0.4) is 0 Å². The average Bonchev–Trinajstić information content (AvgIpc) is 2.47. The number of carbonyl (C=O) groups excluding carboxylic acids is 1. The van der Waals surface area contributed by atoms with Gasteiger partial charge in [-0.05, 0) is 11.6 Å². The van der Waals surface area contributed by atoms with E-state index in [2.05, 4.69) is 42.7 Å². The molecule has 2 aromatic rings. The summed E-state index contributed by atoms with van der Waals surface area (Å²) in [4.78, 5) is 12.0. The van der Waals surface area contributed by atoms with Gasteiger partial charge in [-0.3, -0.25) is 4.79 Å². The van der Waals surface area contributed by atoms with Crippen molar-refractivity contribution >= 4 is 5.78 Å². The highest BCUT2D eigenvalue weighted by Gasteiger charge is 2.26. The normalized spacial score (nSPS) is 12.2. The van der Waals surface area contributed by atoms with Crippen LogP contribution in [-0.4, -0.2) is 5.78 Å². The third-order valence-corrected chi connectivity index (χ3v) is 3.91. The molecule has 2 nitrogen and oxygen atoms in total. The van der Waals surface area contributed by atoms with E-state index in [-0.39, 0.29) is 11.8 Å². The number of hydrogen-bond acceptors (Lipinski definition) is 1. The van der Waals surface area contributed by atoms with Gasteiger partial charge in [0.1, 0.15) is 0 Å². The molecular formula is C18H22NO+. The van der Waals surface area contributed by atoms with Crippen molar-refractivity contribution in [3.8, 4) is 11.1 Å². The predicted octanol–water partition coefficient (Wildman–Crippen LogP) is 3.80. The Morgan fingerprint density at radius 1 is 1.10 bits per heavy atom. The Bertz CT molecular complexity index is 617. The van der Waals surface area contributed by atoms with Crippen LogP contribution >= 0.6 is 0 Å². The van der Waals surface area contributed by atoms with Gasteiger partial charge in [0.15, 0.2) is 17.2 Å². The van der Waals surface area contributed by atoms with E-state index >= 15 is 0 Å². The van der Waals surface area contributed by atoms with Crippen LogP contribution in [0.2, 0.25) is 0 Å². The van der Waals surface area contributed by atoms with Gasteiger partial charge in [-0.1, -0.05) is 37.3 Å². The van der Waals surface area contributed by atoms with E-state index in [1.807, 2.05) is 32.0 Å². The molecule has 1 atom stereocenters. The lowest BCUT2D eigenvalue weighted by Crippen LogP contribution is -2.47. The standard InChI is InChI=1S/C18H22NO/c1-5-18(20)15(4)19-13(2)11-12-17(14(19)3)16-9-7-6-8-10-16/h6-12,15H,5H2,1-4H3/q+1. The molecule has 0 aliphatic rings. The molecule has 1 heterocycles. The van der Waals surface area contributed by atoms with E-state index in [0.29, 0.717) is 6.42 Å². The maximum Gasteiger partial charge on any atom is 0.213 e. The molecule has 2 rings (SSSR count). The summed E-state index contributed by atoms with van der Waals surface area (Å²) in [7, 11) is 0. The fourth-order valence-corrected chi connectivity index (χ4v) is 2.76. The number of ketones is 1. The Balaban J connectivity index is 2.57. The number of carbonyl (C=O) groups is 1. The molecule has 0 saturated carbocycles. The highest BCUT2D eigenvalue weighted by Crippen LogP contribution is 2.22. The van der Waals surface area contributed by atoms with Gasteiger partial charge < -0.3 is 0 Å². The Morgan fingerprint density at radius 3 is 2.35 bits per heavy atom. The molecule has 0 amide bonds. The highest BCUT2D eigenvalue weighted by atomic mass is 16.1. The summed E-state index contributed by atoms with van der Waals surface area (Å²) in [5, 5.41) is 0. The minimum absolute atomic E-state index is 0.108. The van der Waals surface area contributed by atoms with E-state index < -0.39 is 0 Å². The third-order valence-electron chi connectivity index (χ3n) is 3.91. The van der Waals surface area contributed by atoms with E-state index in [1.165, 1.54) is 11.1 Å². The molecule has 1 aromatic heterocycles. The van der Waals surface area contributed by atoms with Crippen molar-refractivity contribution in [1.29, 1.82) is 0 Å². The quantitative estimate of drug-likeness (QED) is 0.773. The fourth-order valence-electron chi connectivity index (χ4n) is 2.76. The van der Waals surface area contributed by atoms with Crippen LogP contribution in [0, 0.1) is 13.8 Å². The maximum atomic E-state index is 12.0. The zero-order chi connectivity index (χ0) is 14.7. The van der Waals surface area contributed by atoms with E-state index in [1.54, 1.807) is 0 Å². The van der Waals surface area contributed by atoms with Gasteiger partial charge in [0.2, 0.25) is 6.04 Å². The topological polar surface area (TPSA) is 20.9 Å². The van der Waals surface area contributed by atoms with Crippen LogP contribution in [0.25, 0.3) is 11.1 Å². The molecule has 0 radical (unpaired) electrons. The number of nitrogens with zero attached hydrogens (tertiary/aromatic N) is 1. The van der Waals surface area contributed by atoms with Gasteiger partial charge in [-0.2, -0.15) is 4.57 Å². The van der Waals surface area contributed by atoms with Gasteiger partial charge in [-0.25, -0.2) is 0 Å². The molecular weight excluding hydrogens is 246 g/mol. The number of Topliss-reactive ketones (excluding diaryl/α,β-unsaturated/α-hetero) is 1. The predicted molar refractivity (Wildman–Crippen MR) is 81.6 cm³/mol. The summed E-state index contributed by atoms with van der Waals surface area (Å²) in [5.74, 6) is 0.270. The number of rotatable bonds is 4. The summed E-state index contributed by atoms with van der Waals surface area (Å²) >= 11 is 0. The smallest absolute Gasteiger partial charge is 0.213 e. The number of pyridine rings is 1. The minimum atomic E-state index is -0.108. The minimum Gasteiger partial charge on any atom is -0.292 e. The highest BCUT2D eigenvalue weighted by molar-refractivity contribution is 5.80. The van der Waals surface area contributed by atoms with E-state index in [4.69, 9.17) is 0 Å². The molecule has 0 N–H and O–H groups in total. The molecule has 0 aliphatic carbocycles. The van der Waals surface area contributed by atoms with Crippen molar-refractivity contribution in [2.45, 2.75) is 40.2 Å². The molecule has 104 valence electrons. The monoisotopic (exact) mass is 268 g/mol. The summed E-state index contributed by atoms with van der Waals surface area (Å²) in [5.41, 5.74) is 4.64. The van der Waals surface area contributed by atoms with Gasteiger partial charge in [0.05, 0.1) is 0 Å². The molecule has 0 aliphatic heterocycles. The van der Waals surface area contributed by atoms with Crippen LogP contribution in [0.15, 0.2) is 42.5 Å². The van der Waals surface area contributed by atoms with Crippen molar-refractivity contribution < 1.29 is 9.36 Å². The molecule has 0 fully saturated rings. The third kappa shape index (κ3) is 2.64. The maximum absolute atomic E-state index is 12.0. The van der Waals surface area contributed by atoms with Gasteiger partial charge in [-0.15, -0.1) is 0 Å². The largest absolute Gasteiger partial charge is 0.292 e. The average molecular weight is 268 g/mol. The molecule has 0 bridgehead atoms. The number of aromatic nitrogens is 1. The van der Waals surface area contributed by atoms with Gasteiger partial charge >= 0.3 is 0 Å². The number of hydrogen-bond donors (Lipinski definition) is 0. The van der Waals surface area contributed by atoms with E-state index in [0.717, 1.165) is 11.4 Å². The molecule has 20 heavy (non-hydrogen) atoms. The van der Waals surface area contributed by atoms with Crippen LogP contribution in [0.4, 0.5) is 0 Å². The first-order valence-corrected chi connectivity index (χ1v) is 7.16. The SMILES string of the molecule is CCC(=O)C(C)[n+]1c(C)ccc(-c2ccccc2)c1C. The summed E-state index contributed by atoms with van der Waals surface area (Å²) in [6, 6.07) is 14.4. The Morgan fingerprint density at radius 2 is 1.75 bits per heavy atom. The van der Waals surface area contributed by atoms with Gasteiger partial charge in [0, 0.05) is 38.8 Å². The molecule has 0 saturated heterocycles. The van der Waals surface area contributed by atoms with Crippen LogP contribution < -0.4 is 4.57 Å². The second kappa shape index (κ2) is 6.00. The first-order chi connectivity index (χ1) is 9.56. The summed E-state index contributed by atoms with van der Waals surface area (Å²) in [6.45, 7) is 8.06. The Labute approximate surface area is 121 Å². The zero-order valence-electron chi connectivity index (χ0n) is 12.7. The van der Waals surface area contributed by atoms with Crippen molar-refractivity contribution in [3.63, 3.8) is 0 Å². The lowest BCUT2D eigenvalue weighted by molar-refractivity contribution is -0.716. The van der Waals surface area contributed by atoms with Crippen molar-refractivity contribution in [2.75, 3.05) is 0 Å². The molecule has 1 unspecified atom stereocenters. The first-order valence-electron chi connectivity index (χ1n) is 7.16. The lowest BCUT2D eigenvalue weighted by atomic mass is 10.0.